The summed E-state index contributed by atoms with van der Waals surface area (Å²) in [5.41, 5.74) is 3.38. The second-order valence-corrected chi connectivity index (χ2v) is 10.2. The highest BCUT2D eigenvalue weighted by atomic mass is 16.5. The number of ether oxygens (including phenoxy) is 4. The Morgan fingerprint density at radius 2 is 1.92 bits per heavy atom. The molecule has 2 aromatic carbocycles. The van der Waals surface area contributed by atoms with Gasteiger partial charge in [-0.25, -0.2) is 4.98 Å². The van der Waals surface area contributed by atoms with E-state index in [4.69, 9.17) is 18.9 Å². The number of β-amino-alcohol motifs (C(OH)–C–C–N with tert-alkyl or cyclic N) is 1. The number of nitrogens with zero attached hydrogens (tertiary/aromatic N) is 3. The Hall–Kier alpha value is -3.07. The van der Waals surface area contributed by atoms with Crippen LogP contribution in [0.4, 0.5) is 0 Å². The maximum Gasteiger partial charge on any atom is 0.161 e. The summed E-state index contributed by atoms with van der Waals surface area (Å²) in [5.74, 6) is 3.26. The summed E-state index contributed by atoms with van der Waals surface area (Å²) in [4.78, 5) is 6.56. The van der Waals surface area contributed by atoms with Crippen LogP contribution in [0.5, 0.6) is 17.2 Å². The molecule has 8 nitrogen and oxygen atoms in total. The lowest BCUT2D eigenvalue weighted by Crippen LogP contribution is -2.48. The zero-order valence-corrected chi connectivity index (χ0v) is 23.3. The molecule has 8 heteroatoms. The molecule has 0 aliphatic carbocycles. The molecule has 38 heavy (non-hydrogen) atoms. The zero-order chi connectivity index (χ0) is 27.1. The average molecular weight is 524 g/mol. The molecular weight excluding hydrogens is 482 g/mol. The molecule has 1 atom stereocenters. The van der Waals surface area contributed by atoms with Gasteiger partial charge in [0.2, 0.25) is 0 Å². The lowest BCUT2D eigenvalue weighted by atomic mass is 10.0. The van der Waals surface area contributed by atoms with Crippen LogP contribution >= 0.6 is 0 Å². The summed E-state index contributed by atoms with van der Waals surface area (Å²) in [6.07, 6.45) is 4.68. The van der Waals surface area contributed by atoms with Crippen molar-refractivity contribution in [2.75, 3.05) is 46.6 Å². The predicted molar refractivity (Wildman–Crippen MR) is 147 cm³/mol. The van der Waals surface area contributed by atoms with Gasteiger partial charge in [-0.3, -0.25) is 4.90 Å². The molecule has 0 bridgehead atoms. The van der Waals surface area contributed by atoms with Crippen molar-refractivity contribution in [3.63, 3.8) is 0 Å². The monoisotopic (exact) mass is 523 g/mol. The molecule has 1 saturated heterocycles. The van der Waals surface area contributed by atoms with Crippen LogP contribution in [0.1, 0.15) is 35.0 Å². The molecule has 1 aliphatic rings. The minimum atomic E-state index is -1.11. The van der Waals surface area contributed by atoms with Crippen molar-refractivity contribution in [3.8, 4) is 17.2 Å². The molecule has 0 amide bonds. The molecule has 1 aromatic heterocycles. The Bertz CT molecular complexity index is 1210. The van der Waals surface area contributed by atoms with E-state index in [-0.39, 0.29) is 13.2 Å². The average Bonchev–Trinajstić information content (AvgIpc) is 3.27. The van der Waals surface area contributed by atoms with Crippen LogP contribution in [-0.4, -0.2) is 71.8 Å². The van der Waals surface area contributed by atoms with Crippen LogP contribution in [0.2, 0.25) is 0 Å². The van der Waals surface area contributed by atoms with E-state index >= 15 is 0 Å². The van der Waals surface area contributed by atoms with Crippen LogP contribution in [0.3, 0.4) is 0 Å². The van der Waals surface area contributed by atoms with E-state index in [2.05, 4.69) is 41.3 Å². The quantitative estimate of drug-likeness (QED) is 0.405. The molecule has 2 heterocycles. The summed E-state index contributed by atoms with van der Waals surface area (Å²) < 4.78 is 25.7. The van der Waals surface area contributed by atoms with E-state index in [0.717, 1.165) is 47.8 Å². The fourth-order valence-electron chi connectivity index (χ4n) is 4.88. The van der Waals surface area contributed by atoms with Crippen molar-refractivity contribution in [2.45, 2.75) is 52.8 Å². The number of methoxy groups -OCH3 is 1. The summed E-state index contributed by atoms with van der Waals surface area (Å²) in [5, 5.41) is 11.4. The Morgan fingerprint density at radius 1 is 1.08 bits per heavy atom. The van der Waals surface area contributed by atoms with Gasteiger partial charge in [-0.1, -0.05) is 19.1 Å². The molecular formula is C30H41N3O5. The van der Waals surface area contributed by atoms with Gasteiger partial charge in [0.1, 0.15) is 30.4 Å². The minimum Gasteiger partial charge on any atom is -0.493 e. The highest BCUT2D eigenvalue weighted by Gasteiger charge is 2.34. The van der Waals surface area contributed by atoms with E-state index in [1.54, 1.807) is 7.11 Å². The predicted octanol–water partition coefficient (Wildman–Crippen LogP) is 4.10. The largest absolute Gasteiger partial charge is 0.493 e. The van der Waals surface area contributed by atoms with Gasteiger partial charge in [0.15, 0.2) is 11.5 Å². The van der Waals surface area contributed by atoms with Crippen molar-refractivity contribution in [2.24, 2.45) is 0 Å². The van der Waals surface area contributed by atoms with E-state index < -0.39 is 5.60 Å². The minimum absolute atomic E-state index is 0.167. The maximum absolute atomic E-state index is 11.4. The number of benzene rings is 2. The van der Waals surface area contributed by atoms with Crippen LogP contribution in [0.15, 0.2) is 42.7 Å². The van der Waals surface area contributed by atoms with Gasteiger partial charge in [0, 0.05) is 38.4 Å². The number of rotatable bonds is 11. The van der Waals surface area contributed by atoms with Gasteiger partial charge in [0.25, 0.3) is 0 Å². The van der Waals surface area contributed by atoms with Crippen molar-refractivity contribution in [1.82, 2.24) is 14.5 Å². The standard InChI is InChI=1S/C30H41N3O5/c1-6-29-31-9-10-33(29)12-14-37-26-8-7-25(17-28(26)35-5)18-32-11-13-36-20-30(34,19-32)21-38-27-16-22(2)15-23(3)24(27)4/h7-10,15-17,34H,6,11-14,18-21H2,1-5H3/t30-/m1/s1. The van der Waals surface area contributed by atoms with E-state index in [0.29, 0.717) is 37.8 Å². The molecule has 3 aromatic rings. The Morgan fingerprint density at radius 3 is 2.71 bits per heavy atom. The first-order chi connectivity index (χ1) is 18.3. The highest BCUT2D eigenvalue weighted by Crippen LogP contribution is 2.29. The smallest absolute Gasteiger partial charge is 0.161 e. The molecule has 1 fully saturated rings. The van der Waals surface area contributed by atoms with Gasteiger partial charge in [-0.15, -0.1) is 0 Å². The van der Waals surface area contributed by atoms with Crippen LogP contribution in [0.25, 0.3) is 0 Å². The molecule has 206 valence electrons. The van der Waals surface area contributed by atoms with Crippen LogP contribution in [-0.2, 0) is 24.2 Å². The molecule has 1 aliphatic heterocycles. The summed E-state index contributed by atoms with van der Waals surface area (Å²) in [7, 11) is 1.65. The number of hydrogen-bond acceptors (Lipinski definition) is 7. The first-order valence-corrected chi connectivity index (χ1v) is 13.3. The maximum atomic E-state index is 11.4. The second kappa shape index (κ2) is 12.7. The number of aliphatic hydroxyl groups is 1. The van der Waals surface area contributed by atoms with Gasteiger partial charge in [0.05, 0.1) is 26.9 Å². The zero-order valence-electron chi connectivity index (χ0n) is 23.3. The number of imidazole rings is 1. The third-order valence-electron chi connectivity index (χ3n) is 7.04. The normalized spacial score (nSPS) is 18.3. The van der Waals surface area contributed by atoms with Crippen molar-refractivity contribution < 1.29 is 24.1 Å². The first-order valence-electron chi connectivity index (χ1n) is 13.3. The Labute approximate surface area is 226 Å². The second-order valence-electron chi connectivity index (χ2n) is 10.2. The number of aromatic nitrogens is 2. The van der Waals surface area contributed by atoms with E-state index in [1.807, 2.05) is 43.6 Å². The summed E-state index contributed by atoms with van der Waals surface area (Å²) >= 11 is 0. The highest BCUT2D eigenvalue weighted by molar-refractivity contribution is 5.43. The SMILES string of the molecule is CCc1nccn1CCOc1ccc(CN2CCOC[C@@](O)(COc3cc(C)cc(C)c3C)C2)cc1OC. The molecule has 0 radical (unpaired) electrons. The number of aryl methyl sites for hydroxylation is 3. The molecule has 0 saturated carbocycles. The Balaban J connectivity index is 1.37. The van der Waals surface area contributed by atoms with Gasteiger partial charge >= 0.3 is 0 Å². The molecule has 4 rings (SSSR count). The fourth-order valence-corrected chi connectivity index (χ4v) is 4.88. The molecule has 1 N–H and O–H groups in total. The third kappa shape index (κ3) is 7.07. The van der Waals surface area contributed by atoms with E-state index in [9.17, 15) is 5.11 Å². The lowest BCUT2D eigenvalue weighted by Gasteiger charge is -2.31. The lowest BCUT2D eigenvalue weighted by molar-refractivity contribution is -0.0648. The van der Waals surface area contributed by atoms with Crippen LogP contribution in [0, 0.1) is 20.8 Å². The first kappa shape index (κ1) is 28.0. The van der Waals surface area contributed by atoms with Gasteiger partial charge < -0.3 is 28.6 Å². The molecule has 0 spiro atoms. The summed E-state index contributed by atoms with van der Waals surface area (Å²) in [6, 6.07) is 10.2. The fraction of sp³-hybridized carbons (Fsp3) is 0.500. The number of hydrogen-bond donors (Lipinski definition) is 1. The van der Waals surface area contributed by atoms with Gasteiger partial charge in [-0.05, 0) is 61.2 Å². The van der Waals surface area contributed by atoms with Crippen LogP contribution < -0.4 is 14.2 Å². The topological polar surface area (TPSA) is 78.2 Å². The molecule has 0 unspecified atom stereocenters. The van der Waals surface area contributed by atoms with Crippen molar-refractivity contribution in [1.29, 1.82) is 0 Å². The van der Waals surface area contributed by atoms with Crippen molar-refractivity contribution in [3.05, 3.63) is 70.8 Å². The van der Waals surface area contributed by atoms with E-state index in [1.165, 1.54) is 5.56 Å². The van der Waals surface area contributed by atoms with Gasteiger partial charge in [-0.2, -0.15) is 0 Å². The Kier molecular flexibility index (Phi) is 9.31. The third-order valence-corrected chi connectivity index (χ3v) is 7.04. The van der Waals surface area contributed by atoms with Crippen molar-refractivity contribution >= 4 is 0 Å². The summed E-state index contributed by atoms with van der Waals surface area (Å²) in [6.45, 7) is 12.3.